The van der Waals surface area contributed by atoms with Gasteiger partial charge in [0.15, 0.2) is 11.5 Å². The lowest BCUT2D eigenvalue weighted by atomic mass is 10.1. The van der Waals surface area contributed by atoms with Crippen LogP contribution in [0.5, 0.6) is 11.5 Å². The van der Waals surface area contributed by atoms with Gasteiger partial charge in [-0.3, -0.25) is 14.6 Å². The number of carbonyl (C=O) groups excluding carboxylic acids is 2. The van der Waals surface area contributed by atoms with Gasteiger partial charge in [-0.2, -0.15) is 0 Å². The standard InChI is InChI=1S/C27H29N3O4/c1-3-33-25-15-22(10-13-24(25)34-17-19-5-4-14-28-16-19)27(32)29-18(2)20-8-11-23(12-9-20)30-26(31)21-6-7-21/h4-5,8-16,18,21H,3,6-7,17H2,1-2H3,(H,29,32)(H,30,31). The molecule has 1 heterocycles. The Morgan fingerprint density at radius 3 is 2.53 bits per heavy atom. The fourth-order valence-electron chi connectivity index (χ4n) is 3.49. The monoisotopic (exact) mass is 459 g/mol. The molecular weight excluding hydrogens is 430 g/mol. The Balaban J connectivity index is 1.38. The molecule has 0 bridgehead atoms. The van der Waals surface area contributed by atoms with E-state index in [-0.39, 0.29) is 23.8 Å². The Morgan fingerprint density at radius 1 is 1.06 bits per heavy atom. The number of hydrogen-bond donors (Lipinski definition) is 2. The third kappa shape index (κ3) is 6.13. The Hall–Kier alpha value is -3.87. The fraction of sp³-hybridized carbons (Fsp3) is 0.296. The number of amides is 2. The van der Waals surface area contributed by atoms with Crippen LogP contribution in [-0.2, 0) is 11.4 Å². The highest BCUT2D eigenvalue weighted by Crippen LogP contribution is 2.31. The molecule has 3 aromatic rings. The normalized spacial score (nSPS) is 13.6. The van der Waals surface area contributed by atoms with Crippen molar-refractivity contribution in [1.29, 1.82) is 0 Å². The molecule has 2 N–H and O–H groups in total. The Morgan fingerprint density at radius 2 is 1.85 bits per heavy atom. The van der Waals surface area contributed by atoms with Crippen LogP contribution in [0.25, 0.3) is 0 Å². The van der Waals surface area contributed by atoms with Gasteiger partial charge in [-0.05, 0) is 68.7 Å². The van der Waals surface area contributed by atoms with Gasteiger partial charge in [0.25, 0.3) is 5.91 Å². The average Bonchev–Trinajstić information content (AvgIpc) is 3.70. The number of carbonyl (C=O) groups is 2. The highest BCUT2D eigenvalue weighted by molar-refractivity contribution is 5.95. The van der Waals surface area contributed by atoms with Crippen molar-refractivity contribution in [3.8, 4) is 11.5 Å². The van der Waals surface area contributed by atoms with Crippen molar-refractivity contribution in [2.24, 2.45) is 5.92 Å². The van der Waals surface area contributed by atoms with Crippen LogP contribution in [-0.4, -0.2) is 23.4 Å². The van der Waals surface area contributed by atoms with Crippen LogP contribution < -0.4 is 20.1 Å². The molecule has 7 heteroatoms. The number of hydrogen-bond acceptors (Lipinski definition) is 5. The maximum atomic E-state index is 12.9. The van der Waals surface area contributed by atoms with Crippen molar-refractivity contribution >= 4 is 17.5 Å². The van der Waals surface area contributed by atoms with Gasteiger partial charge < -0.3 is 20.1 Å². The third-order valence-corrected chi connectivity index (χ3v) is 5.60. The zero-order valence-corrected chi connectivity index (χ0v) is 19.4. The van der Waals surface area contributed by atoms with Crippen LogP contribution in [0.15, 0.2) is 67.0 Å². The van der Waals surface area contributed by atoms with E-state index in [1.807, 2.05) is 50.2 Å². The number of rotatable bonds is 10. The highest BCUT2D eigenvalue weighted by atomic mass is 16.5. The van der Waals surface area contributed by atoms with Crippen molar-refractivity contribution in [3.63, 3.8) is 0 Å². The predicted octanol–water partition coefficient (Wildman–Crippen LogP) is 4.90. The van der Waals surface area contributed by atoms with Crippen LogP contribution in [0.4, 0.5) is 5.69 Å². The summed E-state index contributed by atoms with van der Waals surface area (Å²) in [6.07, 6.45) is 5.40. The van der Waals surface area contributed by atoms with E-state index < -0.39 is 0 Å². The van der Waals surface area contributed by atoms with Crippen molar-refractivity contribution in [1.82, 2.24) is 10.3 Å². The second-order valence-electron chi connectivity index (χ2n) is 8.33. The first-order valence-electron chi connectivity index (χ1n) is 11.5. The summed E-state index contributed by atoms with van der Waals surface area (Å²) >= 11 is 0. The van der Waals surface area contributed by atoms with E-state index >= 15 is 0 Å². The molecule has 1 atom stereocenters. The van der Waals surface area contributed by atoms with Gasteiger partial charge in [-0.25, -0.2) is 0 Å². The van der Waals surface area contributed by atoms with Crippen LogP contribution in [0.2, 0.25) is 0 Å². The minimum Gasteiger partial charge on any atom is -0.490 e. The largest absolute Gasteiger partial charge is 0.490 e. The lowest BCUT2D eigenvalue weighted by molar-refractivity contribution is -0.117. The molecule has 34 heavy (non-hydrogen) atoms. The molecule has 1 aromatic heterocycles. The van der Waals surface area contributed by atoms with Gasteiger partial charge in [0.05, 0.1) is 12.6 Å². The minimum absolute atomic E-state index is 0.0760. The smallest absolute Gasteiger partial charge is 0.251 e. The number of aromatic nitrogens is 1. The topological polar surface area (TPSA) is 89.6 Å². The van der Waals surface area contributed by atoms with E-state index in [0.29, 0.717) is 30.3 Å². The first kappa shape index (κ1) is 23.3. The van der Waals surface area contributed by atoms with Crippen LogP contribution >= 0.6 is 0 Å². The molecule has 7 nitrogen and oxygen atoms in total. The van der Waals surface area contributed by atoms with Crippen molar-refractivity contribution in [2.45, 2.75) is 39.3 Å². The van der Waals surface area contributed by atoms with Gasteiger partial charge in [0.2, 0.25) is 5.91 Å². The molecule has 1 unspecified atom stereocenters. The van der Waals surface area contributed by atoms with E-state index in [0.717, 1.165) is 29.7 Å². The van der Waals surface area contributed by atoms with Gasteiger partial charge in [0, 0.05) is 35.1 Å². The summed E-state index contributed by atoms with van der Waals surface area (Å²) in [6.45, 7) is 4.61. The molecule has 176 valence electrons. The van der Waals surface area contributed by atoms with Gasteiger partial charge in [-0.15, -0.1) is 0 Å². The SMILES string of the molecule is CCOc1cc(C(=O)NC(C)c2ccc(NC(=O)C3CC3)cc2)ccc1OCc1cccnc1. The quantitative estimate of drug-likeness (QED) is 0.450. The zero-order valence-electron chi connectivity index (χ0n) is 19.4. The number of anilines is 1. The molecule has 2 aromatic carbocycles. The lowest BCUT2D eigenvalue weighted by Gasteiger charge is -2.17. The highest BCUT2D eigenvalue weighted by Gasteiger charge is 2.29. The number of ether oxygens (including phenoxy) is 2. The third-order valence-electron chi connectivity index (χ3n) is 5.60. The summed E-state index contributed by atoms with van der Waals surface area (Å²) in [5.74, 6) is 1.11. The van der Waals surface area contributed by atoms with Crippen LogP contribution in [0.1, 0.15) is 54.2 Å². The molecule has 1 aliphatic carbocycles. The van der Waals surface area contributed by atoms with E-state index in [1.54, 1.807) is 30.6 Å². The summed E-state index contributed by atoms with van der Waals surface area (Å²) in [4.78, 5) is 28.9. The summed E-state index contributed by atoms with van der Waals surface area (Å²) in [5.41, 5.74) is 3.14. The summed E-state index contributed by atoms with van der Waals surface area (Å²) in [6, 6.07) is 16.3. The molecule has 4 rings (SSSR count). The van der Waals surface area contributed by atoms with Crippen molar-refractivity contribution in [3.05, 3.63) is 83.7 Å². The van der Waals surface area contributed by atoms with Crippen LogP contribution in [0, 0.1) is 5.92 Å². The van der Waals surface area contributed by atoms with E-state index in [4.69, 9.17) is 9.47 Å². The maximum Gasteiger partial charge on any atom is 0.251 e. The van der Waals surface area contributed by atoms with Crippen LogP contribution in [0.3, 0.4) is 0 Å². The van der Waals surface area contributed by atoms with Gasteiger partial charge in [0.1, 0.15) is 6.61 Å². The number of benzene rings is 2. The second kappa shape index (κ2) is 10.8. The van der Waals surface area contributed by atoms with Gasteiger partial charge in [-0.1, -0.05) is 18.2 Å². The summed E-state index contributed by atoms with van der Waals surface area (Å²) < 4.78 is 11.6. The Kier molecular flexibility index (Phi) is 7.42. The molecule has 0 aliphatic heterocycles. The number of nitrogens with one attached hydrogen (secondary N) is 2. The second-order valence-corrected chi connectivity index (χ2v) is 8.33. The van der Waals surface area contributed by atoms with Crippen molar-refractivity contribution < 1.29 is 19.1 Å². The maximum absolute atomic E-state index is 12.9. The first-order chi connectivity index (χ1) is 16.5. The molecular formula is C27H29N3O4. The molecule has 1 aliphatic rings. The van der Waals surface area contributed by atoms with E-state index in [9.17, 15) is 9.59 Å². The number of nitrogens with zero attached hydrogens (tertiary/aromatic N) is 1. The molecule has 0 radical (unpaired) electrons. The first-order valence-corrected chi connectivity index (χ1v) is 11.5. The molecule has 1 saturated carbocycles. The van der Waals surface area contributed by atoms with E-state index in [1.165, 1.54) is 0 Å². The van der Waals surface area contributed by atoms with Crippen molar-refractivity contribution in [2.75, 3.05) is 11.9 Å². The average molecular weight is 460 g/mol. The Labute approximate surface area is 199 Å². The van der Waals surface area contributed by atoms with E-state index in [2.05, 4.69) is 15.6 Å². The molecule has 2 amide bonds. The lowest BCUT2D eigenvalue weighted by Crippen LogP contribution is -2.26. The fourth-order valence-corrected chi connectivity index (χ4v) is 3.49. The molecule has 0 saturated heterocycles. The molecule has 0 spiro atoms. The molecule has 1 fully saturated rings. The predicted molar refractivity (Wildman–Crippen MR) is 130 cm³/mol. The Bertz CT molecular complexity index is 1130. The summed E-state index contributed by atoms with van der Waals surface area (Å²) in [5, 5.41) is 5.94. The van der Waals surface area contributed by atoms with Gasteiger partial charge >= 0.3 is 0 Å². The summed E-state index contributed by atoms with van der Waals surface area (Å²) in [7, 11) is 0. The number of pyridine rings is 1. The zero-order chi connectivity index (χ0) is 23.9. The minimum atomic E-state index is -0.210.